The Balaban J connectivity index is 1.99. The van der Waals surface area contributed by atoms with E-state index in [0.717, 1.165) is 5.56 Å². The normalized spacial score (nSPS) is 17.7. The Morgan fingerprint density at radius 3 is 2.60 bits per heavy atom. The summed E-state index contributed by atoms with van der Waals surface area (Å²) in [5.41, 5.74) is 0.859. The molecule has 1 heterocycles. The number of carboxylic acid groups (broad SMARTS) is 2. The molecule has 0 fully saturated rings. The van der Waals surface area contributed by atoms with Gasteiger partial charge in [-0.3, -0.25) is 9.59 Å². The number of carbonyl (C=O) groups excluding carboxylic acids is 1. The lowest BCUT2D eigenvalue weighted by molar-refractivity contribution is -0.147. The van der Waals surface area contributed by atoms with Gasteiger partial charge in [0.05, 0.1) is 6.42 Å². The second kappa shape index (κ2) is 5.60. The molecule has 1 amide bonds. The van der Waals surface area contributed by atoms with Gasteiger partial charge < -0.3 is 20.3 Å². The third-order valence-electron chi connectivity index (χ3n) is 2.93. The first-order valence-corrected chi connectivity index (χ1v) is 5.97. The second-order valence-electron chi connectivity index (χ2n) is 4.42. The zero-order chi connectivity index (χ0) is 14.7. The standard InChI is InChI=1S/C13H13NO6/c15-11(16)6-8(13(18)19)14-12(17)10-5-7-3-1-2-4-9(7)20-10/h1-4,8,10H,5-6H2,(H,14,17)(H,15,16)(H,18,19). The SMILES string of the molecule is O=C(O)CC(NC(=O)C1Cc2ccccc2O1)C(=O)O. The van der Waals surface area contributed by atoms with Crippen LogP contribution in [0.15, 0.2) is 24.3 Å². The van der Waals surface area contributed by atoms with E-state index in [0.29, 0.717) is 12.2 Å². The minimum absolute atomic E-state index is 0.335. The number of carboxylic acids is 2. The van der Waals surface area contributed by atoms with E-state index in [1.807, 2.05) is 12.1 Å². The van der Waals surface area contributed by atoms with Gasteiger partial charge in [0.2, 0.25) is 0 Å². The number of carbonyl (C=O) groups is 3. The average molecular weight is 279 g/mol. The Kier molecular flexibility index (Phi) is 3.88. The van der Waals surface area contributed by atoms with Gasteiger partial charge in [-0.1, -0.05) is 18.2 Å². The van der Waals surface area contributed by atoms with E-state index in [2.05, 4.69) is 5.32 Å². The molecular weight excluding hydrogens is 266 g/mol. The summed E-state index contributed by atoms with van der Waals surface area (Å²) in [6.45, 7) is 0. The molecule has 0 radical (unpaired) electrons. The van der Waals surface area contributed by atoms with Crippen molar-refractivity contribution in [1.29, 1.82) is 0 Å². The highest BCUT2D eigenvalue weighted by atomic mass is 16.5. The summed E-state index contributed by atoms with van der Waals surface area (Å²) < 4.78 is 5.40. The minimum Gasteiger partial charge on any atom is -0.481 e. The van der Waals surface area contributed by atoms with E-state index in [1.165, 1.54) is 0 Å². The number of aliphatic carboxylic acids is 2. The minimum atomic E-state index is -1.47. The van der Waals surface area contributed by atoms with Gasteiger partial charge >= 0.3 is 11.9 Å². The smallest absolute Gasteiger partial charge is 0.326 e. The molecule has 0 aromatic heterocycles. The van der Waals surface area contributed by atoms with Crippen LogP contribution in [0.4, 0.5) is 0 Å². The molecule has 0 aliphatic carbocycles. The topological polar surface area (TPSA) is 113 Å². The lowest BCUT2D eigenvalue weighted by atomic mass is 10.1. The quantitative estimate of drug-likeness (QED) is 0.701. The highest BCUT2D eigenvalue weighted by molar-refractivity contribution is 5.89. The first-order valence-electron chi connectivity index (χ1n) is 5.97. The Hall–Kier alpha value is -2.57. The Morgan fingerprint density at radius 2 is 2.00 bits per heavy atom. The fourth-order valence-electron chi connectivity index (χ4n) is 1.97. The first-order chi connectivity index (χ1) is 9.47. The molecule has 106 valence electrons. The van der Waals surface area contributed by atoms with Crippen LogP contribution < -0.4 is 10.1 Å². The van der Waals surface area contributed by atoms with Gasteiger partial charge in [-0.05, 0) is 11.6 Å². The molecule has 2 rings (SSSR count). The number of benzene rings is 1. The number of amides is 1. The third-order valence-corrected chi connectivity index (χ3v) is 2.93. The number of ether oxygens (including phenoxy) is 1. The van der Waals surface area contributed by atoms with Crippen LogP contribution in [-0.4, -0.2) is 40.2 Å². The molecule has 1 aliphatic heterocycles. The molecule has 2 unspecified atom stereocenters. The van der Waals surface area contributed by atoms with Crippen molar-refractivity contribution >= 4 is 17.8 Å². The number of nitrogens with one attached hydrogen (secondary N) is 1. The van der Waals surface area contributed by atoms with Gasteiger partial charge in [0, 0.05) is 6.42 Å². The lowest BCUT2D eigenvalue weighted by Crippen LogP contribution is -2.47. The highest BCUT2D eigenvalue weighted by Gasteiger charge is 2.32. The van der Waals surface area contributed by atoms with Crippen molar-refractivity contribution in [2.75, 3.05) is 0 Å². The van der Waals surface area contributed by atoms with Crippen molar-refractivity contribution in [3.05, 3.63) is 29.8 Å². The fraction of sp³-hybridized carbons (Fsp3) is 0.308. The van der Waals surface area contributed by atoms with E-state index in [1.54, 1.807) is 12.1 Å². The number of rotatable bonds is 5. The van der Waals surface area contributed by atoms with E-state index >= 15 is 0 Å². The predicted octanol–water partition coefficient (Wildman–Crippen LogP) is 0.0342. The molecule has 0 saturated heterocycles. The van der Waals surface area contributed by atoms with E-state index in [4.69, 9.17) is 14.9 Å². The summed E-state index contributed by atoms with van der Waals surface area (Å²) >= 11 is 0. The van der Waals surface area contributed by atoms with E-state index in [9.17, 15) is 14.4 Å². The third kappa shape index (κ3) is 3.05. The van der Waals surface area contributed by atoms with Crippen molar-refractivity contribution < 1.29 is 29.3 Å². The average Bonchev–Trinajstić information content (AvgIpc) is 2.81. The molecule has 7 nitrogen and oxygen atoms in total. The van der Waals surface area contributed by atoms with Crippen LogP contribution in [0, 0.1) is 0 Å². The zero-order valence-corrected chi connectivity index (χ0v) is 10.4. The molecule has 7 heteroatoms. The van der Waals surface area contributed by atoms with Gasteiger partial charge in [-0.2, -0.15) is 0 Å². The number of hydrogen-bond donors (Lipinski definition) is 3. The van der Waals surface area contributed by atoms with Gasteiger partial charge in [0.15, 0.2) is 6.10 Å². The van der Waals surface area contributed by atoms with Gasteiger partial charge in [0.1, 0.15) is 11.8 Å². The van der Waals surface area contributed by atoms with Crippen LogP contribution in [0.25, 0.3) is 0 Å². The van der Waals surface area contributed by atoms with Crippen LogP contribution in [0.1, 0.15) is 12.0 Å². The molecule has 20 heavy (non-hydrogen) atoms. The first kappa shape index (κ1) is 13.9. The number of fused-ring (bicyclic) bond motifs is 1. The van der Waals surface area contributed by atoms with Crippen LogP contribution in [0.5, 0.6) is 5.75 Å². The van der Waals surface area contributed by atoms with Crippen LogP contribution in [-0.2, 0) is 20.8 Å². The molecular formula is C13H13NO6. The van der Waals surface area contributed by atoms with E-state index in [-0.39, 0.29) is 0 Å². The Bertz CT molecular complexity index is 531. The summed E-state index contributed by atoms with van der Waals surface area (Å²) in [5.74, 6) is -2.74. The summed E-state index contributed by atoms with van der Waals surface area (Å²) in [7, 11) is 0. The maximum Gasteiger partial charge on any atom is 0.326 e. The van der Waals surface area contributed by atoms with Gasteiger partial charge in [-0.25, -0.2) is 4.79 Å². The molecule has 2 atom stereocenters. The summed E-state index contributed by atoms with van der Waals surface area (Å²) in [5, 5.41) is 19.7. The van der Waals surface area contributed by atoms with Gasteiger partial charge in [0.25, 0.3) is 5.91 Å². The Morgan fingerprint density at radius 1 is 1.30 bits per heavy atom. The predicted molar refractivity (Wildman–Crippen MR) is 66.4 cm³/mol. The highest BCUT2D eigenvalue weighted by Crippen LogP contribution is 2.28. The van der Waals surface area contributed by atoms with Crippen molar-refractivity contribution in [2.24, 2.45) is 0 Å². The van der Waals surface area contributed by atoms with Crippen molar-refractivity contribution in [1.82, 2.24) is 5.32 Å². The molecule has 0 saturated carbocycles. The largest absolute Gasteiger partial charge is 0.481 e. The molecule has 0 spiro atoms. The maximum atomic E-state index is 11.9. The zero-order valence-electron chi connectivity index (χ0n) is 10.4. The van der Waals surface area contributed by atoms with Crippen molar-refractivity contribution in [3.8, 4) is 5.75 Å². The molecule has 1 aliphatic rings. The summed E-state index contributed by atoms with van der Waals surface area (Å²) in [6.07, 6.45) is -1.18. The number of hydrogen-bond acceptors (Lipinski definition) is 4. The molecule has 3 N–H and O–H groups in total. The lowest BCUT2D eigenvalue weighted by Gasteiger charge is -2.15. The summed E-state index contributed by atoms with van der Waals surface area (Å²) in [6, 6.07) is 5.65. The van der Waals surface area contributed by atoms with Crippen LogP contribution in [0.2, 0.25) is 0 Å². The van der Waals surface area contributed by atoms with Crippen LogP contribution in [0.3, 0.4) is 0 Å². The number of para-hydroxylation sites is 1. The Labute approximate surface area is 114 Å². The molecule has 0 bridgehead atoms. The maximum absolute atomic E-state index is 11.9. The summed E-state index contributed by atoms with van der Waals surface area (Å²) in [4.78, 5) is 33.4. The monoisotopic (exact) mass is 279 g/mol. The van der Waals surface area contributed by atoms with E-state index < -0.39 is 36.4 Å². The van der Waals surface area contributed by atoms with Gasteiger partial charge in [-0.15, -0.1) is 0 Å². The fourth-order valence-corrected chi connectivity index (χ4v) is 1.97. The second-order valence-corrected chi connectivity index (χ2v) is 4.42. The molecule has 1 aromatic rings. The van der Waals surface area contributed by atoms with Crippen molar-refractivity contribution in [2.45, 2.75) is 25.0 Å². The molecule has 1 aromatic carbocycles. The van der Waals surface area contributed by atoms with Crippen LogP contribution >= 0.6 is 0 Å². The van der Waals surface area contributed by atoms with Crippen molar-refractivity contribution in [3.63, 3.8) is 0 Å².